The summed E-state index contributed by atoms with van der Waals surface area (Å²) in [7, 11) is 6.16. The van der Waals surface area contributed by atoms with Gasteiger partial charge in [0.2, 0.25) is 0 Å². The minimum atomic E-state index is -0.850. The smallest absolute Gasteiger partial charge is 0.327 e. The second kappa shape index (κ2) is 11.6. The van der Waals surface area contributed by atoms with Crippen molar-refractivity contribution in [1.82, 2.24) is 0 Å². The van der Waals surface area contributed by atoms with E-state index >= 15 is 0 Å². The van der Waals surface area contributed by atoms with Crippen LogP contribution in [0.2, 0.25) is 0 Å². The zero-order chi connectivity index (χ0) is 13.7. The number of nitrogens with zero attached hydrogens (tertiary/aromatic N) is 1. The van der Waals surface area contributed by atoms with Gasteiger partial charge in [0.05, 0.1) is 27.7 Å². The van der Waals surface area contributed by atoms with Crippen molar-refractivity contribution in [2.75, 3.05) is 34.3 Å². The zero-order valence-electron chi connectivity index (χ0n) is 11.6. The second-order valence-electron chi connectivity index (χ2n) is 4.97. The number of allylic oxidation sites excluding steroid dienone is 1. The minimum Gasteiger partial charge on any atom is -0.478 e. The van der Waals surface area contributed by atoms with Gasteiger partial charge in [-0.3, -0.25) is 0 Å². The summed E-state index contributed by atoms with van der Waals surface area (Å²) < 4.78 is 0.844. The van der Waals surface area contributed by atoms with Crippen molar-refractivity contribution in [2.24, 2.45) is 0 Å². The third kappa shape index (κ3) is 25.4. The normalized spacial score (nSPS) is 11.1. The van der Waals surface area contributed by atoms with Gasteiger partial charge < -0.3 is 14.7 Å². The van der Waals surface area contributed by atoms with Gasteiger partial charge in [0, 0.05) is 6.08 Å². The summed E-state index contributed by atoms with van der Waals surface area (Å²) in [6, 6.07) is 0. The van der Waals surface area contributed by atoms with Crippen molar-refractivity contribution in [3.8, 4) is 0 Å². The van der Waals surface area contributed by atoms with Gasteiger partial charge in [-0.25, -0.2) is 4.79 Å². The first-order valence-electron chi connectivity index (χ1n) is 6.14. The quantitative estimate of drug-likeness (QED) is 0.410. The number of likely N-dealkylation sites (N-methyl/N-ethyl adjacent to an activating group) is 1. The standard InChI is InChI=1S/C8H14O2.C5H14NO/c1-2-3-4-5-6-7-8(9)10;1-6(2,3)4-5-7/h6-7H,2-5H2,1H3,(H,9,10);7H,4-5H2,1-3H3/q;+1. The summed E-state index contributed by atoms with van der Waals surface area (Å²) in [6.07, 6.45) is 7.26. The fourth-order valence-electron chi connectivity index (χ4n) is 0.996. The monoisotopic (exact) mass is 246 g/mol. The minimum absolute atomic E-state index is 0.281. The predicted molar refractivity (Wildman–Crippen MR) is 70.9 cm³/mol. The Bertz CT molecular complexity index is 207. The molecule has 0 bridgehead atoms. The van der Waals surface area contributed by atoms with Crippen LogP contribution in [0.15, 0.2) is 12.2 Å². The molecule has 4 heteroatoms. The van der Waals surface area contributed by atoms with Gasteiger partial charge in [0.15, 0.2) is 0 Å². The molecule has 17 heavy (non-hydrogen) atoms. The number of rotatable bonds is 7. The van der Waals surface area contributed by atoms with Crippen molar-refractivity contribution in [3.05, 3.63) is 12.2 Å². The molecule has 0 fully saturated rings. The van der Waals surface area contributed by atoms with Crippen molar-refractivity contribution in [3.63, 3.8) is 0 Å². The van der Waals surface area contributed by atoms with Crippen LogP contribution in [0.1, 0.15) is 32.6 Å². The van der Waals surface area contributed by atoms with E-state index in [0.29, 0.717) is 0 Å². The summed E-state index contributed by atoms with van der Waals surface area (Å²) in [6.45, 7) is 3.24. The molecule has 0 atom stereocenters. The molecule has 2 N–H and O–H groups in total. The van der Waals surface area contributed by atoms with Gasteiger partial charge in [0.1, 0.15) is 6.54 Å². The highest BCUT2D eigenvalue weighted by Gasteiger charge is 2.02. The maximum absolute atomic E-state index is 9.95. The number of unbranched alkanes of at least 4 members (excludes halogenated alkanes) is 3. The van der Waals surface area contributed by atoms with E-state index in [9.17, 15) is 4.79 Å². The highest BCUT2D eigenvalue weighted by atomic mass is 16.4. The Labute approximate surface area is 105 Å². The number of carboxylic acid groups (broad SMARTS) is 1. The maximum Gasteiger partial charge on any atom is 0.327 e. The number of quaternary nitrogens is 1. The van der Waals surface area contributed by atoms with Gasteiger partial charge in [-0.1, -0.05) is 25.8 Å². The number of aliphatic hydroxyl groups is 1. The van der Waals surface area contributed by atoms with Crippen LogP contribution in [0.5, 0.6) is 0 Å². The molecule has 0 heterocycles. The average molecular weight is 246 g/mol. The lowest BCUT2D eigenvalue weighted by Crippen LogP contribution is -2.36. The van der Waals surface area contributed by atoms with E-state index in [0.717, 1.165) is 23.9 Å². The van der Waals surface area contributed by atoms with E-state index in [-0.39, 0.29) is 6.61 Å². The van der Waals surface area contributed by atoms with Crippen molar-refractivity contribution in [2.45, 2.75) is 32.6 Å². The van der Waals surface area contributed by atoms with Crippen LogP contribution in [0.25, 0.3) is 0 Å². The van der Waals surface area contributed by atoms with E-state index in [2.05, 4.69) is 28.1 Å². The van der Waals surface area contributed by atoms with E-state index in [1.807, 2.05) is 0 Å². The lowest BCUT2D eigenvalue weighted by molar-refractivity contribution is -0.870. The Hall–Kier alpha value is -0.870. The third-order valence-corrected chi connectivity index (χ3v) is 2.01. The molecule has 0 unspecified atom stereocenters. The molecule has 0 aliphatic carbocycles. The fraction of sp³-hybridized carbons (Fsp3) is 0.769. The van der Waals surface area contributed by atoms with Gasteiger partial charge in [0.25, 0.3) is 0 Å². The summed E-state index contributed by atoms with van der Waals surface area (Å²) in [5, 5.41) is 16.6. The molecule has 0 saturated heterocycles. The first-order valence-corrected chi connectivity index (χ1v) is 6.14. The molecular formula is C13H28NO3+. The van der Waals surface area contributed by atoms with E-state index in [1.54, 1.807) is 6.08 Å². The molecule has 102 valence electrons. The van der Waals surface area contributed by atoms with Gasteiger partial charge in [-0.15, -0.1) is 0 Å². The lowest BCUT2D eigenvalue weighted by atomic mass is 10.2. The number of aliphatic hydroxyl groups excluding tert-OH is 1. The molecule has 0 aromatic rings. The van der Waals surface area contributed by atoms with E-state index < -0.39 is 5.97 Å². The molecular weight excluding hydrogens is 218 g/mol. The van der Waals surface area contributed by atoms with Crippen LogP contribution in [0.4, 0.5) is 0 Å². The van der Waals surface area contributed by atoms with Crippen molar-refractivity contribution >= 4 is 5.97 Å². The van der Waals surface area contributed by atoms with Gasteiger partial charge >= 0.3 is 5.97 Å². The highest BCUT2D eigenvalue weighted by Crippen LogP contribution is 1.98. The zero-order valence-corrected chi connectivity index (χ0v) is 11.6. The third-order valence-electron chi connectivity index (χ3n) is 2.01. The second-order valence-corrected chi connectivity index (χ2v) is 4.97. The number of carboxylic acids is 1. The van der Waals surface area contributed by atoms with E-state index in [4.69, 9.17) is 10.2 Å². The van der Waals surface area contributed by atoms with Crippen molar-refractivity contribution < 1.29 is 19.5 Å². The van der Waals surface area contributed by atoms with E-state index in [1.165, 1.54) is 18.9 Å². The number of aliphatic carboxylic acids is 1. The molecule has 0 spiro atoms. The molecule has 0 radical (unpaired) electrons. The van der Waals surface area contributed by atoms with Crippen LogP contribution in [-0.2, 0) is 4.79 Å². The Kier molecular flexibility index (Phi) is 12.6. The van der Waals surface area contributed by atoms with Crippen LogP contribution >= 0.6 is 0 Å². The Morgan fingerprint density at radius 1 is 1.24 bits per heavy atom. The summed E-state index contributed by atoms with van der Waals surface area (Å²) in [5.41, 5.74) is 0. The SMILES string of the molecule is CCCCCC=CC(=O)O.C[N+](C)(C)CCO. The number of carbonyl (C=O) groups is 1. The molecule has 0 rings (SSSR count). The van der Waals surface area contributed by atoms with Crippen LogP contribution in [0, 0.1) is 0 Å². The molecule has 0 aliphatic heterocycles. The summed E-state index contributed by atoms with van der Waals surface area (Å²) in [5.74, 6) is -0.850. The number of hydrogen-bond donors (Lipinski definition) is 2. The summed E-state index contributed by atoms with van der Waals surface area (Å²) in [4.78, 5) is 9.95. The topological polar surface area (TPSA) is 57.5 Å². The first kappa shape index (κ1) is 18.5. The van der Waals surface area contributed by atoms with Crippen LogP contribution in [-0.4, -0.2) is 55.0 Å². The highest BCUT2D eigenvalue weighted by molar-refractivity contribution is 5.79. The fourth-order valence-corrected chi connectivity index (χ4v) is 0.996. The molecule has 0 aliphatic rings. The Balaban J connectivity index is 0. The maximum atomic E-state index is 9.95. The first-order chi connectivity index (χ1) is 7.83. The van der Waals surface area contributed by atoms with Crippen LogP contribution < -0.4 is 0 Å². The molecule has 0 aromatic heterocycles. The summed E-state index contributed by atoms with van der Waals surface area (Å²) >= 11 is 0. The number of hydrogen-bond acceptors (Lipinski definition) is 2. The molecule has 0 saturated carbocycles. The largest absolute Gasteiger partial charge is 0.478 e. The Morgan fingerprint density at radius 3 is 2.12 bits per heavy atom. The lowest BCUT2D eigenvalue weighted by Gasteiger charge is -2.21. The molecule has 4 nitrogen and oxygen atoms in total. The predicted octanol–water partition coefficient (Wildman–Crippen LogP) is 1.89. The van der Waals surface area contributed by atoms with Crippen molar-refractivity contribution in [1.29, 1.82) is 0 Å². The van der Waals surface area contributed by atoms with Gasteiger partial charge in [-0.2, -0.15) is 0 Å². The molecule has 0 amide bonds. The Morgan fingerprint density at radius 2 is 1.82 bits per heavy atom. The van der Waals surface area contributed by atoms with Crippen LogP contribution in [0.3, 0.4) is 0 Å². The van der Waals surface area contributed by atoms with Gasteiger partial charge in [-0.05, 0) is 12.8 Å². The molecule has 0 aromatic carbocycles. The average Bonchev–Trinajstić information content (AvgIpc) is 2.16.